The molecule has 3 aromatic carbocycles. The Morgan fingerprint density at radius 1 is 0.964 bits per heavy atom. The van der Waals surface area contributed by atoms with E-state index in [9.17, 15) is 0 Å². The molecule has 1 aliphatic heterocycles. The average molecular weight is 389 g/mol. The van der Waals surface area contributed by atoms with Gasteiger partial charge in [-0.25, -0.2) is 0 Å². The molecule has 0 aliphatic carbocycles. The number of H-pyrrole nitrogens is 1. The van der Waals surface area contributed by atoms with Crippen LogP contribution in [0.15, 0.2) is 72.8 Å². The molecule has 0 fully saturated rings. The van der Waals surface area contributed by atoms with E-state index < -0.39 is 0 Å². The van der Waals surface area contributed by atoms with Gasteiger partial charge in [-0.05, 0) is 53.4 Å². The van der Waals surface area contributed by atoms with Gasteiger partial charge < -0.3 is 15.0 Å². The largest absolute Gasteiger partial charge is 0.489 e. The highest BCUT2D eigenvalue weighted by atomic mass is 35.5. The fraction of sp³-hybridized carbons (Fsp3) is 0.167. The van der Waals surface area contributed by atoms with E-state index in [4.69, 9.17) is 16.3 Å². The summed E-state index contributed by atoms with van der Waals surface area (Å²) in [7, 11) is 0. The molecule has 0 bridgehead atoms. The number of rotatable bonds is 4. The van der Waals surface area contributed by atoms with Gasteiger partial charge in [-0.1, -0.05) is 54.1 Å². The molecule has 28 heavy (non-hydrogen) atoms. The minimum Gasteiger partial charge on any atom is -0.489 e. The number of benzene rings is 3. The summed E-state index contributed by atoms with van der Waals surface area (Å²) < 4.78 is 6.04. The van der Waals surface area contributed by atoms with E-state index in [0.717, 1.165) is 29.3 Å². The average Bonchev–Trinajstić information content (AvgIpc) is 3.11. The second-order valence-electron chi connectivity index (χ2n) is 7.19. The van der Waals surface area contributed by atoms with E-state index in [1.807, 2.05) is 42.5 Å². The zero-order chi connectivity index (χ0) is 18.9. The molecule has 1 aliphatic rings. The van der Waals surface area contributed by atoms with Crippen LogP contribution in [0.3, 0.4) is 0 Å². The quantitative estimate of drug-likeness (QED) is 0.475. The van der Waals surface area contributed by atoms with E-state index in [1.54, 1.807) is 0 Å². The summed E-state index contributed by atoms with van der Waals surface area (Å²) >= 11 is 6.22. The maximum absolute atomic E-state index is 6.22. The van der Waals surface area contributed by atoms with Crippen molar-refractivity contribution in [3.8, 4) is 5.75 Å². The molecule has 0 amide bonds. The lowest BCUT2D eigenvalue weighted by Crippen LogP contribution is -2.30. The van der Waals surface area contributed by atoms with Gasteiger partial charge in [0.1, 0.15) is 12.4 Å². The van der Waals surface area contributed by atoms with Crippen molar-refractivity contribution < 1.29 is 4.74 Å². The fourth-order valence-corrected chi connectivity index (χ4v) is 4.21. The van der Waals surface area contributed by atoms with E-state index >= 15 is 0 Å². The van der Waals surface area contributed by atoms with Crippen LogP contribution in [0, 0.1) is 0 Å². The topological polar surface area (TPSA) is 37.0 Å². The number of aromatic nitrogens is 1. The monoisotopic (exact) mass is 388 g/mol. The first-order valence-electron chi connectivity index (χ1n) is 9.58. The molecule has 1 aromatic heterocycles. The minimum atomic E-state index is 0.128. The summed E-state index contributed by atoms with van der Waals surface area (Å²) in [5, 5.41) is 5.63. The number of nitrogens with one attached hydrogen (secondary N) is 2. The molecule has 1 atom stereocenters. The van der Waals surface area contributed by atoms with E-state index in [0.29, 0.717) is 6.61 Å². The number of hydrogen-bond donors (Lipinski definition) is 2. The first-order chi connectivity index (χ1) is 13.8. The van der Waals surface area contributed by atoms with Crippen LogP contribution in [0.2, 0.25) is 5.02 Å². The summed E-state index contributed by atoms with van der Waals surface area (Å²) in [6, 6.07) is 24.8. The van der Waals surface area contributed by atoms with Gasteiger partial charge in [0.2, 0.25) is 0 Å². The van der Waals surface area contributed by atoms with Crippen LogP contribution < -0.4 is 10.1 Å². The Bertz CT molecular complexity index is 1120. The normalized spacial score (nSPS) is 16.1. The Morgan fingerprint density at radius 3 is 2.71 bits per heavy atom. The number of hydrogen-bond acceptors (Lipinski definition) is 2. The van der Waals surface area contributed by atoms with Gasteiger partial charge >= 0.3 is 0 Å². The summed E-state index contributed by atoms with van der Waals surface area (Å²) in [6.45, 7) is 1.51. The highest BCUT2D eigenvalue weighted by Gasteiger charge is 2.25. The predicted octanol–water partition coefficient (Wildman–Crippen LogP) is 5.64. The molecule has 0 saturated heterocycles. The standard InChI is InChI=1S/C24H21ClN2O/c25-18-8-4-7-17(13-18)23-24-20(11-12-26-23)21-14-19(9-10-22(21)27-24)28-15-16-5-2-1-3-6-16/h1-10,13-14,23,26-27H,11-12,15H2. The molecular formula is C24H21ClN2O. The van der Waals surface area contributed by atoms with Crippen molar-refractivity contribution >= 4 is 22.5 Å². The Morgan fingerprint density at radius 2 is 1.86 bits per heavy atom. The molecule has 2 heterocycles. The highest BCUT2D eigenvalue weighted by molar-refractivity contribution is 6.30. The third-order valence-corrected chi connectivity index (χ3v) is 5.59. The van der Waals surface area contributed by atoms with Gasteiger partial charge in [-0.2, -0.15) is 0 Å². The van der Waals surface area contributed by atoms with Gasteiger partial charge in [0.25, 0.3) is 0 Å². The molecular weight excluding hydrogens is 368 g/mol. The smallest absolute Gasteiger partial charge is 0.120 e. The SMILES string of the molecule is Clc1cccc(C2NCCc3c2[nH]c2ccc(OCc4ccccc4)cc32)c1. The predicted molar refractivity (Wildman–Crippen MR) is 114 cm³/mol. The van der Waals surface area contributed by atoms with Crippen molar-refractivity contribution in [2.24, 2.45) is 0 Å². The van der Waals surface area contributed by atoms with Crippen LogP contribution in [0.5, 0.6) is 5.75 Å². The molecule has 1 unspecified atom stereocenters. The molecule has 4 heteroatoms. The van der Waals surface area contributed by atoms with Gasteiger partial charge in [-0.3, -0.25) is 0 Å². The van der Waals surface area contributed by atoms with Crippen LogP contribution in [0.1, 0.15) is 28.4 Å². The first-order valence-corrected chi connectivity index (χ1v) is 9.96. The minimum absolute atomic E-state index is 0.128. The fourth-order valence-electron chi connectivity index (χ4n) is 4.01. The third kappa shape index (κ3) is 3.28. The van der Waals surface area contributed by atoms with Gasteiger partial charge in [-0.15, -0.1) is 0 Å². The van der Waals surface area contributed by atoms with E-state index in [-0.39, 0.29) is 6.04 Å². The number of halogens is 1. The molecule has 3 nitrogen and oxygen atoms in total. The molecule has 4 aromatic rings. The van der Waals surface area contributed by atoms with Crippen molar-refractivity contribution in [1.29, 1.82) is 0 Å². The van der Waals surface area contributed by atoms with Crippen molar-refractivity contribution in [3.63, 3.8) is 0 Å². The summed E-state index contributed by atoms with van der Waals surface area (Å²) in [6.07, 6.45) is 0.995. The lowest BCUT2D eigenvalue weighted by molar-refractivity contribution is 0.306. The van der Waals surface area contributed by atoms with Crippen molar-refractivity contribution in [3.05, 3.63) is 100 Å². The van der Waals surface area contributed by atoms with Crippen LogP contribution in [-0.2, 0) is 13.0 Å². The molecule has 140 valence electrons. The molecule has 0 saturated carbocycles. The maximum Gasteiger partial charge on any atom is 0.120 e. The van der Waals surface area contributed by atoms with Crippen molar-refractivity contribution in [2.45, 2.75) is 19.1 Å². The second-order valence-corrected chi connectivity index (χ2v) is 7.63. The Labute approximate surface area is 169 Å². The van der Waals surface area contributed by atoms with Gasteiger partial charge in [0.05, 0.1) is 6.04 Å². The van der Waals surface area contributed by atoms with Crippen LogP contribution in [0.25, 0.3) is 10.9 Å². The van der Waals surface area contributed by atoms with Crippen LogP contribution in [0.4, 0.5) is 0 Å². The Hall–Kier alpha value is -2.75. The van der Waals surface area contributed by atoms with E-state index in [1.165, 1.54) is 27.8 Å². The molecule has 5 rings (SSSR count). The second kappa shape index (κ2) is 7.34. The zero-order valence-corrected chi connectivity index (χ0v) is 16.2. The van der Waals surface area contributed by atoms with Gasteiger partial charge in [0.15, 0.2) is 0 Å². The van der Waals surface area contributed by atoms with E-state index in [2.05, 4.69) is 40.6 Å². The van der Waals surface area contributed by atoms with Crippen molar-refractivity contribution in [2.75, 3.05) is 6.54 Å². The molecule has 2 N–H and O–H groups in total. The first kappa shape index (κ1) is 17.4. The summed E-state index contributed by atoms with van der Waals surface area (Å²) in [5.41, 5.74) is 6.09. The summed E-state index contributed by atoms with van der Waals surface area (Å²) in [4.78, 5) is 3.62. The Kier molecular flexibility index (Phi) is 4.55. The van der Waals surface area contributed by atoms with Crippen LogP contribution >= 0.6 is 11.6 Å². The third-order valence-electron chi connectivity index (χ3n) is 5.35. The lowest BCUT2D eigenvalue weighted by Gasteiger charge is -2.25. The lowest BCUT2D eigenvalue weighted by atomic mass is 9.94. The molecule has 0 spiro atoms. The van der Waals surface area contributed by atoms with Gasteiger partial charge in [0, 0.05) is 28.2 Å². The highest BCUT2D eigenvalue weighted by Crippen LogP contribution is 2.35. The van der Waals surface area contributed by atoms with Crippen molar-refractivity contribution in [1.82, 2.24) is 10.3 Å². The molecule has 0 radical (unpaired) electrons. The number of aromatic amines is 1. The van der Waals surface area contributed by atoms with Crippen LogP contribution in [-0.4, -0.2) is 11.5 Å². The number of ether oxygens (including phenoxy) is 1. The zero-order valence-electron chi connectivity index (χ0n) is 15.4. The Balaban J connectivity index is 1.48. The maximum atomic E-state index is 6.22. The number of fused-ring (bicyclic) bond motifs is 3. The summed E-state index contributed by atoms with van der Waals surface area (Å²) in [5.74, 6) is 0.899.